The van der Waals surface area contributed by atoms with Crippen LogP contribution in [0.1, 0.15) is 44.2 Å². The van der Waals surface area contributed by atoms with Gasteiger partial charge < -0.3 is 21.3 Å². The largest absolute Gasteiger partial charge is 0.335 e. The van der Waals surface area contributed by atoms with Crippen molar-refractivity contribution in [1.82, 2.24) is 10.6 Å². The SMILES string of the molecule is C[C@H](NC(=O)NC1CCCC1)c1ccc(NC(=O)Nc2ccccc2)cc1. The Kier molecular flexibility index (Phi) is 6.30. The van der Waals surface area contributed by atoms with Crippen molar-refractivity contribution < 1.29 is 9.59 Å². The predicted molar refractivity (Wildman–Crippen MR) is 108 cm³/mol. The highest BCUT2D eigenvalue weighted by atomic mass is 16.2. The topological polar surface area (TPSA) is 82.3 Å². The maximum absolute atomic E-state index is 12.1. The number of carbonyl (C=O) groups is 2. The molecule has 0 saturated heterocycles. The Morgan fingerprint density at radius 1 is 0.852 bits per heavy atom. The Bertz CT molecular complexity index is 756. The molecule has 1 atom stereocenters. The van der Waals surface area contributed by atoms with Crippen LogP contribution in [0.3, 0.4) is 0 Å². The number of carbonyl (C=O) groups excluding carboxylic acids is 2. The van der Waals surface area contributed by atoms with E-state index in [2.05, 4.69) is 21.3 Å². The fourth-order valence-electron chi connectivity index (χ4n) is 3.25. The zero-order chi connectivity index (χ0) is 19.1. The van der Waals surface area contributed by atoms with Crippen LogP contribution in [0, 0.1) is 0 Å². The summed E-state index contributed by atoms with van der Waals surface area (Å²) in [6, 6.07) is 16.5. The number of para-hydroxylation sites is 1. The smallest absolute Gasteiger partial charge is 0.323 e. The first kappa shape index (κ1) is 18.8. The first-order chi connectivity index (χ1) is 13.1. The van der Waals surface area contributed by atoms with Crippen LogP contribution in [-0.4, -0.2) is 18.1 Å². The molecule has 3 rings (SSSR count). The fraction of sp³-hybridized carbons (Fsp3) is 0.333. The van der Waals surface area contributed by atoms with Gasteiger partial charge in [-0.3, -0.25) is 0 Å². The summed E-state index contributed by atoms with van der Waals surface area (Å²) in [6.45, 7) is 1.94. The van der Waals surface area contributed by atoms with E-state index in [1.54, 1.807) is 0 Å². The van der Waals surface area contributed by atoms with Crippen molar-refractivity contribution in [3.63, 3.8) is 0 Å². The fourth-order valence-corrected chi connectivity index (χ4v) is 3.25. The Morgan fingerprint density at radius 2 is 1.44 bits per heavy atom. The van der Waals surface area contributed by atoms with E-state index in [-0.39, 0.29) is 18.1 Å². The summed E-state index contributed by atoms with van der Waals surface area (Å²) in [5, 5.41) is 11.6. The van der Waals surface area contributed by atoms with Crippen molar-refractivity contribution in [2.75, 3.05) is 10.6 Å². The molecule has 1 aliphatic carbocycles. The number of hydrogen-bond donors (Lipinski definition) is 4. The quantitative estimate of drug-likeness (QED) is 0.622. The lowest BCUT2D eigenvalue weighted by molar-refractivity contribution is 0.234. The minimum absolute atomic E-state index is 0.112. The van der Waals surface area contributed by atoms with Crippen molar-refractivity contribution in [3.05, 3.63) is 60.2 Å². The predicted octanol–water partition coefficient (Wildman–Crippen LogP) is 4.63. The molecule has 142 valence electrons. The summed E-state index contributed by atoms with van der Waals surface area (Å²) < 4.78 is 0. The van der Waals surface area contributed by atoms with Gasteiger partial charge in [-0.1, -0.05) is 43.2 Å². The van der Waals surface area contributed by atoms with Gasteiger partial charge >= 0.3 is 12.1 Å². The molecule has 0 heterocycles. The van der Waals surface area contributed by atoms with E-state index in [4.69, 9.17) is 0 Å². The minimum Gasteiger partial charge on any atom is -0.335 e. The van der Waals surface area contributed by atoms with Gasteiger partial charge in [0.05, 0.1) is 6.04 Å². The Morgan fingerprint density at radius 3 is 2.07 bits per heavy atom. The summed E-state index contributed by atoms with van der Waals surface area (Å²) in [5.41, 5.74) is 2.40. The molecule has 0 bridgehead atoms. The van der Waals surface area contributed by atoms with Crippen LogP contribution in [0.4, 0.5) is 21.0 Å². The number of amides is 4. The molecule has 1 aliphatic rings. The van der Waals surface area contributed by atoms with Gasteiger partial charge in [-0.25, -0.2) is 9.59 Å². The van der Waals surface area contributed by atoms with E-state index < -0.39 is 0 Å². The molecule has 0 unspecified atom stereocenters. The second-order valence-corrected chi connectivity index (χ2v) is 6.89. The Labute approximate surface area is 159 Å². The van der Waals surface area contributed by atoms with Crippen molar-refractivity contribution in [2.24, 2.45) is 0 Å². The van der Waals surface area contributed by atoms with E-state index in [1.165, 1.54) is 12.8 Å². The van der Waals surface area contributed by atoms with Gasteiger partial charge in [0.2, 0.25) is 0 Å². The van der Waals surface area contributed by atoms with Gasteiger partial charge in [-0.15, -0.1) is 0 Å². The Balaban J connectivity index is 1.48. The van der Waals surface area contributed by atoms with Crippen molar-refractivity contribution >= 4 is 23.4 Å². The average molecular weight is 366 g/mol. The third-order valence-corrected chi connectivity index (χ3v) is 4.74. The first-order valence-corrected chi connectivity index (χ1v) is 9.40. The van der Waals surface area contributed by atoms with E-state index in [0.717, 1.165) is 24.1 Å². The average Bonchev–Trinajstić information content (AvgIpc) is 3.15. The maximum atomic E-state index is 12.1. The normalized spacial score (nSPS) is 15.0. The van der Waals surface area contributed by atoms with E-state index in [9.17, 15) is 9.59 Å². The molecule has 4 N–H and O–H groups in total. The van der Waals surface area contributed by atoms with Gasteiger partial charge in [-0.2, -0.15) is 0 Å². The molecule has 6 heteroatoms. The standard InChI is InChI=1S/C21H26N4O2/c1-15(22-20(26)23-18-9-5-6-10-18)16-11-13-19(14-12-16)25-21(27)24-17-7-3-2-4-8-17/h2-4,7-8,11-15,18H,5-6,9-10H2,1H3,(H2,22,23,26)(H2,24,25,27)/t15-/m0/s1. The van der Waals surface area contributed by atoms with Crippen molar-refractivity contribution in [3.8, 4) is 0 Å². The summed E-state index contributed by atoms with van der Waals surface area (Å²) in [7, 11) is 0. The van der Waals surface area contributed by atoms with Gasteiger partial charge in [-0.05, 0) is 49.6 Å². The van der Waals surface area contributed by atoms with Gasteiger partial charge in [0.1, 0.15) is 0 Å². The number of anilines is 2. The summed E-state index contributed by atoms with van der Waals surface area (Å²) in [4.78, 5) is 24.1. The molecule has 1 fully saturated rings. The minimum atomic E-state index is -0.295. The molecule has 6 nitrogen and oxygen atoms in total. The third kappa shape index (κ3) is 5.74. The van der Waals surface area contributed by atoms with Crippen LogP contribution >= 0.6 is 0 Å². The molecule has 2 aromatic carbocycles. The van der Waals surface area contributed by atoms with Crippen molar-refractivity contribution in [2.45, 2.75) is 44.7 Å². The van der Waals surface area contributed by atoms with E-state index >= 15 is 0 Å². The highest BCUT2D eigenvalue weighted by Crippen LogP contribution is 2.19. The summed E-state index contributed by atoms with van der Waals surface area (Å²) >= 11 is 0. The van der Waals surface area contributed by atoms with Crippen LogP contribution in [0.5, 0.6) is 0 Å². The maximum Gasteiger partial charge on any atom is 0.323 e. The van der Waals surface area contributed by atoms with E-state index in [1.807, 2.05) is 61.5 Å². The Hall–Kier alpha value is -3.02. The molecule has 4 amide bonds. The van der Waals surface area contributed by atoms with Gasteiger partial charge in [0.25, 0.3) is 0 Å². The lowest BCUT2D eigenvalue weighted by Crippen LogP contribution is -2.41. The number of hydrogen-bond acceptors (Lipinski definition) is 2. The van der Waals surface area contributed by atoms with Crippen molar-refractivity contribution in [1.29, 1.82) is 0 Å². The van der Waals surface area contributed by atoms with Crippen LogP contribution in [0.2, 0.25) is 0 Å². The molecule has 1 saturated carbocycles. The molecular formula is C21H26N4O2. The van der Waals surface area contributed by atoms with Crippen LogP contribution in [-0.2, 0) is 0 Å². The molecule has 0 radical (unpaired) electrons. The number of urea groups is 2. The molecule has 27 heavy (non-hydrogen) atoms. The number of rotatable bonds is 5. The molecule has 0 aliphatic heterocycles. The second-order valence-electron chi connectivity index (χ2n) is 6.89. The van der Waals surface area contributed by atoms with Crippen LogP contribution < -0.4 is 21.3 Å². The summed E-state index contributed by atoms with van der Waals surface area (Å²) in [5.74, 6) is 0. The molecular weight excluding hydrogens is 340 g/mol. The van der Waals surface area contributed by atoms with Gasteiger partial charge in [0, 0.05) is 17.4 Å². The molecule has 2 aromatic rings. The second kappa shape index (κ2) is 9.07. The number of nitrogens with one attached hydrogen (secondary N) is 4. The monoisotopic (exact) mass is 366 g/mol. The third-order valence-electron chi connectivity index (χ3n) is 4.74. The lowest BCUT2D eigenvalue weighted by Gasteiger charge is -2.18. The molecule has 0 spiro atoms. The number of benzene rings is 2. The zero-order valence-corrected chi connectivity index (χ0v) is 15.5. The zero-order valence-electron chi connectivity index (χ0n) is 15.5. The van der Waals surface area contributed by atoms with E-state index in [0.29, 0.717) is 11.7 Å². The first-order valence-electron chi connectivity index (χ1n) is 9.40. The highest BCUT2D eigenvalue weighted by molar-refractivity contribution is 5.99. The molecule has 0 aromatic heterocycles. The van der Waals surface area contributed by atoms with Crippen LogP contribution in [0.25, 0.3) is 0 Å². The van der Waals surface area contributed by atoms with Gasteiger partial charge in [0.15, 0.2) is 0 Å². The van der Waals surface area contributed by atoms with Crippen LogP contribution in [0.15, 0.2) is 54.6 Å². The highest BCUT2D eigenvalue weighted by Gasteiger charge is 2.18. The lowest BCUT2D eigenvalue weighted by atomic mass is 10.1. The summed E-state index contributed by atoms with van der Waals surface area (Å²) in [6.07, 6.45) is 4.50.